The Morgan fingerprint density at radius 1 is 1.23 bits per heavy atom. The van der Waals surface area contributed by atoms with Crippen LogP contribution in [0.2, 0.25) is 0 Å². The van der Waals surface area contributed by atoms with Crippen molar-refractivity contribution in [2.75, 3.05) is 39.4 Å². The Bertz CT molecular complexity index is 720. The molecule has 2 atom stereocenters. The Hall–Kier alpha value is -1.19. The number of carbonyl (C=O) groups excluding carboxylic acids is 1. The number of hydrogen-bond donors (Lipinski definition) is 1. The Morgan fingerprint density at radius 3 is 2.38 bits per heavy atom. The third kappa shape index (κ3) is 4.20. The van der Waals surface area contributed by atoms with Gasteiger partial charge in [0.05, 0.1) is 18.1 Å². The first-order valence-corrected chi connectivity index (χ1v) is 10.1. The number of ether oxygens (including phenoxy) is 1. The SMILES string of the molecule is CC1CC(CN)CN1C(=O)c1ccc(S(=O)(=O)N2CCOCC2)cc1.Cl. The van der Waals surface area contributed by atoms with Crippen LogP contribution in [-0.2, 0) is 14.8 Å². The number of rotatable bonds is 4. The van der Waals surface area contributed by atoms with Gasteiger partial charge in [-0.1, -0.05) is 0 Å². The van der Waals surface area contributed by atoms with E-state index in [0.29, 0.717) is 50.9 Å². The molecule has 9 heteroatoms. The van der Waals surface area contributed by atoms with Gasteiger partial charge in [0.1, 0.15) is 0 Å². The molecule has 2 N–H and O–H groups in total. The average molecular weight is 404 g/mol. The van der Waals surface area contributed by atoms with Crippen molar-refractivity contribution in [1.29, 1.82) is 0 Å². The van der Waals surface area contributed by atoms with Crippen LogP contribution in [0.5, 0.6) is 0 Å². The molecule has 0 saturated carbocycles. The van der Waals surface area contributed by atoms with Crippen LogP contribution < -0.4 is 5.73 Å². The monoisotopic (exact) mass is 403 g/mol. The molecule has 2 heterocycles. The highest BCUT2D eigenvalue weighted by Gasteiger charge is 2.32. The van der Waals surface area contributed by atoms with E-state index in [4.69, 9.17) is 10.5 Å². The summed E-state index contributed by atoms with van der Waals surface area (Å²) in [4.78, 5) is 14.7. The molecule has 1 aromatic rings. The van der Waals surface area contributed by atoms with Gasteiger partial charge in [-0.05, 0) is 50.1 Å². The van der Waals surface area contributed by atoms with E-state index < -0.39 is 10.0 Å². The normalized spacial score (nSPS) is 24.3. The number of carbonyl (C=O) groups is 1. The van der Waals surface area contributed by atoms with Crippen LogP contribution >= 0.6 is 12.4 Å². The van der Waals surface area contributed by atoms with E-state index in [2.05, 4.69) is 0 Å². The molecule has 0 aliphatic carbocycles. The summed E-state index contributed by atoms with van der Waals surface area (Å²) in [6, 6.07) is 6.37. The second kappa shape index (κ2) is 8.67. The number of amides is 1. The summed E-state index contributed by atoms with van der Waals surface area (Å²) in [6.45, 7) is 4.78. The van der Waals surface area contributed by atoms with E-state index in [9.17, 15) is 13.2 Å². The molecule has 2 aliphatic rings. The molecule has 7 nitrogen and oxygen atoms in total. The zero-order chi connectivity index (χ0) is 18.0. The van der Waals surface area contributed by atoms with Crippen LogP contribution in [0.1, 0.15) is 23.7 Å². The van der Waals surface area contributed by atoms with Crippen LogP contribution in [0, 0.1) is 5.92 Å². The van der Waals surface area contributed by atoms with E-state index in [1.165, 1.54) is 16.4 Å². The number of likely N-dealkylation sites (tertiary alicyclic amines) is 1. The number of halogens is 1. The average Bonchev–Trinajstić information content (AvgIpc) is 3.03. The van der Waals surface area contributed by atoms with Gasteiger partial charge in [0.15, 0.2) is 0 Å². The molecule has 2 fully saturated rings. The fourth-order valence-electron chi connectivity index (χ4n) is 3.47. The minimum absolute atomic E-state index is 0. The van der Waals surface area contributed by atoms with Gasteiger partial charge < -0.3 is 15.4 Å². The van der Waals surface area contributed by atoms with Gasteiger partial charge in [0.2, 0.25) is 10.0 Å². The topological polar surface area (TPSA) is 92.9 Å². The molecule has 1 aromatic carbocycles. The van der Waals surface area contributed by atoms with Gasteiger partial charge in [-0.2, -0.15) is 4.31 Å². The Kier molecular flexibility index (Phi) is 7.04. The lowest BCUT2D eigenvalue weighted by Gasteiger charge is -2.26. The minimum Gasteiger partial charge on any atom is -0.379 e. The van der Waals surface area contributed by atoms with Crippen LogP contribution in [-0.4, -0.2) is 69.0 Å². The maximum Gasteiger partial charge on any atom is 0.254 e. The number of benzene rings is 1. The second-order valence-corrected chi connectivity index (χ2v) is 8.62. The Balaban J connectivity index is 0.00000243. The van der Waals surface area contributed by atoms with Crippen molar-refractivity contribution in [3.63, 3.8) is 0 Å². The summed E-state index contributed by atoms with van der Waals surface area (Å²) in [5, 5.41) is 0. The quantitative estimate of drug-likeness (QED) is 0.807. The Morgan fingerprint density at radius 2 is 1.85 bits per heavy atom. The molecule has 146 valence electrons. The van der Waals surface area contributed by atoms with Crippen molar-refractivity contribution in [3.05, 3.63) is 29.8 Å². The van der Waals surface area contributed by atoms with Crippen molar-refractivity contribution >= 4 is 28.3 Å². The van der Waals surface area contributed by atoms with Crippen molar-refractivity contribution in [2.24, 2.45) is 11.7 Å². The molecule has 26 heavy (non-hydrogen) atoms. The third-order valence-corrected chi connectivity index (χ3v) is 6.88. The second-order valence-electron chi connectivity index (χ2n) is 6.68. The standard InChI is InChI=1S/C17H25N3O4S.ClH/c1-13-10-14(11-18)12-20(13)17(21)15-2-4-16(5-3-15)25(22,23)19-6-8-24-9-7-19;/h2-5,13-14H,6-12,18H2,1H3;1H. The molecule has 3 rings (SSSR count). The number of hydrogen-bond acceptors (Lipinski definition) is 5. The molecule has 0 aromatic heterocycles. The number of nitrogens with zero attached hydrogens (tertiary/aromatic N) is 2. The van der Waals surface area contributed by atoms with E-state index in [0.717, 1.165) is 6.42 Å². The lowest BCUT2D eigenvalue weighted by atomic mass is 10.1. The van der Waals surface area contributed by atoms with E-state index in [1.54, 1.807) is 12.1 Å². The van der Waals surface area contributed by atoms with Gasteiger partial charge in [0, 0.05) is 31.2 Å². The summed E-state index contributed by atoms with van der Waals surface area (Å²) in [7, 11) is -3.54. The predicted molar refractivity (Wildman–Crippen MR) is 101 cm³/mol. The van der Waals surface area contributed by atoms with E-state index >= 15 is 0 Å². The fourth-order valence-corrected chi connectivity index (χ4v) is 4.88. The molecule has 2 saturated heterocycles. The molecule has 2 unspecified atom stereocenters. The minimum atomic E-state index is -3.54. The van der Waals surface area contributed by atoms with Crippen LogP contribution in [0.25, 0.3) is 0 Å². The highest BCUT2D eigenvalue weighted by Crippen LogP contribution is 2.25. The maximum atomic E-state index is 12.7. The van der Waals surface area contributed by atoms with Crippen molar-refractivity contribution < 1.29 is 17.9 Å². The molecule has 2 aliphatic heterocycles. The van der Waals surface area contributed by atoms with Crippen molar-refractivity contribution in [3.8, 4) is 0 Å². The van der Waals surface area contributed by atoms with Gasteiger partial charge in [-0.15, -0.1) is 12.4 Å². The van der Waals surface area contributed by atoms with Gasteiger partial charge in [0.25, 0.3) is 5.91 Å². The predicted octanol–water partition coefficient (Wildman–Crippen LogP) is 0.939. The molecular formula is C17H26ClN3O4S. The zero-order valence-corrected chi connectivity index (χ0v) is 16.5. The smallest absolute Gasteiger partial charge is 0.254 e. The summed E-state index contributed by atoms with van der Waals surface area (Å²) in [6.07, 6.45) is 0.908. The molecule has 0 radical (unpaired) electrons. The molecule has 0 bridgehead atoms. The first-order valence-electron chi connectivity index (χ1n) is 8.62. The fraction of sp³-hybridized carbons (Fsp3) is 0.588. The first-order chi connectivity index (χ1) is 11.9. The van der Waals surface area contributed by atoms with Crippen molar-refractivity contribution in [1.82, 2.24) is 9.21 Å². The van der Waals surface area contributed by atoms with Gasteiger partial charge in [-0.3, -0.25) is 4.79 Å². The maximum absolute atomic E-state index is 12.7. The van der Waals surface area contributed by atoms with Gasteiger partial charge in [-0.25, -0.2) is 8.42 Å². The van der Waals surface area contributed by atoms with E-state index in [1.807, 2.05) is 11.8 Å². The highest BCUT2D eigenvalue weighted by atomic mass is 35.5. The summed E-state index contributed by atoms with van der Waals surface area (Å²) < 4.78 is 31.9. The molecular weight excluding hydrogens is 378 g/mol. The first kappa shape index (κ1) is 21.1. The number of sulfonamides is 1. The lowest BCUT2D eigenvalue weighted by molar-refractivity contribution is 0.0730. The lowest BCUT2D eigenvalue weighted by Crippen LogP contribution is -2.40. The molecule has 1 amide bonds. The van der Waals surface area contributed by atoms with Crippen LogP contribution in [0.15, 0.2) is 29.2 Å². The van der Waals surface area contributed by atoms with Gasteiger partial charge >= 0.3 is 0 Å². The summed E-state index contributed by atoms with van der Waals surface area (Å²) >= 11 is 0. The largest absolute Gasteiger partial charge is 0.379 e. The van der Waals surface area contributed by atoms with E-state index in [-0.39, 0.29) is 29.3 Å². The van der Waals surface area contributed by atoms with Crippen LogP contribution in [0.4, 0.5) is 0 Å². The zero-order valence-electron chi connectivity index (χ0n) is 14.8. The highest BCUT2D eigenvalue weighted by molar-refractivity contribution is 7.89. The third-order valence-electron chi connectivity index (χ3n) is 4.96. The molecule has 0 spiro atoms. The number of nitrogens with two attached hydrogens (primary N) is 1. The number of morpholine rings is 1. The Labute approximate surface area is 160 Å². The van der Waals surface area contributed by atoms with Crippen LogP contribution in [0.3, 0.4) is 0 Å². The summed E-state index contributed by atoms with van der Waals surface area (Å²) in [5.74, 6) is 0.263. The summed E-state index contributed by atoms with van der Waals surface area (Å²) in [5.41, 5.74) is 6.22. The van der Waals surface area contributed by atoms with Crippen molar-refractivity contribution in [2.45, 2.75) is 24.3 Å².